The third-order valence-electron chi connectivity index (χ3n) is 2.69. The minimum absolute atomic E-state index is 0.191. The summed E-state index contributed by atoms with van der Waals surface area (Å²) < 4.78 is 5.10. The summed E-state index contributed by atoms with van der Waals surface area (Å²) in [5.41, 5.74) is 0. The highest BCUT2D eigenvalue weighted by atomic mass is 16.6. The molecule has 0 radical (unpaired) electrons. The number of likely N-dealkylation sites (tertiary alicyclic amines) is 1. The maximum Gasteiger partial charge on any atom is 0.226 e. The van der Waals surface area contributed by atoms with Crippen LogP contribution in [0.2, 0.25) is 0 Å². The lowest BCUT2D eigenvalue weighted by molar-refractivity contribution is -0.131. The summed E-state index contributed by atoms with van der Waals surface area (Å²) in [4.78, 5) is 13.6. The summed E-state index contributed by atoms with van der Waals surface area (Å²) >= 11 is 0. The van der Waals surface area contributed by atoms with E-state index >= 15 is 0 Å². The van der Waals surface area contributed by atoms with E-state index in [9.17, 15) is 4.79 Å². The summed E-state index contributed by atoms with van der Waals surface area (Å²) in [5, 5.41) is 0. The van der Waals surface area contributed by atoms with Crippen LogP contribution in [-0.4, -0.2) is 36.6 Å². The second-order valence-electron chi connectivity index (χ2n) is 3.75. The zero-order chi connectivity index (χ0) is 9.26. The molecule has 2 atom stereocenters. The molecule has 3 heteroatoms. The Morgan fingerprint density at radius 2 is 2.46 bits per heavy atom. The lowest BCUT2D eigenvalue weighted by atomic mass is 10.0. The first-order valence-corrected chi connectivity index (χ1v) is 4.82. The molecular formula is C10H15NO2. The number of rotatable bonds is 4. The lowest BCUT2D eigenvalue weighted by Crippen LogP contribution is -2.30. The molecule has 0 bridgehead atoms. The molecule has 2 rings (SSSR count). The maximum absolute atomic E-state index is 11.7. The van der Waals surface area contributed by atoms with Gasteiger partial charge in [0, 0.05) is 19.0 Å². The van der Waals surface area contributed by atoms with E-state index < -0.39 is 0 Å². The van der Waals surface area contributed by atoms with Crippen LogP contribution in [0.5, 0.6) is 0 Å². The molecule has 2 saturated heterocycles. The van der Waals surface area contributed by atoms with Gasteiger partial charge in [-0.25, -0.2) is 0 Å². The fourth-order valence-corrected chi connectivity index (χ4v) is 1.82. The molecule has 3 nitrogen and oxygen atoms in total. The van der Waals surface area contributed by atoms with E-state index in [0.717, 1.165) is 32.5 Å². The van der Waals surface area contributed by atoms with Crippen LogP contribution >= 0.6 is 0 Å². The highest BCUT2D eigenvalue weighted by molar-refractivity contribution is 5.81. The van der Waals surface area contributed by atoms with Crippen LogP contribution in [0.3, 0.4) is 0 Å². The number of carbonyl (C=O) groups is 1. The molecule has 2 aliphatic rings. The fraction of sp³-hybridized carbons (Fsp3) is 0.700. The van der Waals surface area contributed by atoms with Gasteiger partial charge in [-0.3, -0.25) is 4.79 Å². The zero-order valence-corrected chi connectivity index (χ0v) is 7.74. The smallest absolute Gasteiger partial charge is 0.226 e. The van der Waals surface area contributed by atoms with E-state index in [1.54, 1.807) is 0 Å². The molecule has 0 aliphatic carbocycles. The SMILES string of the molecule is C=CCC1CCN(CC2CO2)C1=O. The van der Waals surface area contributed by atoms with Crippen LogP contribution in [0.25, 0.3) is 0 Å². The number of ether oxygens (including phenoxy) is 1. The van der Waals surface area contributed by atoms with Crippen molar-refractivity contribution >= 4 is 5.91 Å². The second kappa shape index (κ2) is 3.50. The molecule has 72 valence electrons. The molecule has 0 aromatic heterocycles. The number of hydrogen-bond acceptors (Lipinski definition) is 2. The van der Waals surface area contributed by atoms with Crippen LogP contribution in [0, 0.1) is 5.92 Å². The molecule has 0 saturated carbocycles. The molecule has 2 fully saturated rings. The van der Waals surface area contributed by atoms with Gasteiger partial charge < -0.3 is 9.64 Å². The van der Waals surface area contributed by atoms with Crippen molar-refractivity contribution in [2.45, 2.75) is 18.9 Å². The van der Waals surface area contributed by atoms with E-state index in [4.69, 9.17) is 4.74 Å². The van der Waals surface area contributed by atoms with Crippen molar-refractivity contribution in [3.8, 4) is 0 Å². The first-order chi connectivity index (χ1) is 6.31. The summed E-state index contributed by atoms with van der Waals surface area (Å²) in [5.74, 6) is 0.478. The summed E-state index contributed by atoms with van der Waals surface area (Å²) in [7, 11) is 0. The van der Waals surface area contributed by atoms with Gasteiger partial charge in [-0.15, -0.1) is 6.58 Å². The standard InChI is InChI=1S/C10H15NO2/c1-2-3-8-4-5-11(10(8)12)6-9-7-13-9/h2,8-9H,1,3-7H2. The Balaban J connectivity index is 1.85. The molecular weight excluding hydrogens is 166 g/mol. The molecule has 2 unspecified atom stereocenters. The van der Waals surface area contributed by atoms with Crippen LogP contribution in [0.1, 0.15) is 12.8 Å². The van der Waals surface area contributed by atoms with E-state index in [0.29, 0.717) is 6.10 Å². The van der Waals surface area contributed by atoms with Crippen LogP contribution in [0.4, 0.5) is 0 Å². The van der Waals surface area contributed by atoms with E-state index in [2.05, 4.69) is 6.58 Å². The lowest BCUT2D eigenvalue weighted by Gasteiger charge is -2.14. The van der Waals surface area contributed by atoms with Gasteiger partial charge in [0.1, 0.15) is 0 Å². The Morgan fingerprint density at radius 3 is 3.08 bits per heavy atom. The molecule has 2 heterocycles. The Morgan fingerprint density at radius 1 is 1.69 bits per heavy atom. The molecule has 0 aromatic carbocycles. The molecule has 0 N–H and O–H groups in total. The first kappa shape index (κ1) is 8.75. The van der Waals surface area contributed by atoms with Gasteiger partial charge in [-0.05, 0) is 12.8 Å². The van der Waals surface area contributed by atoms with Crippen molar-refractivity contribution < 1.29 is 9.53 Å². The normalized spacial score (nSPS) is 32.3. The van der Waals surface area contributed by atoms with Gasteiger partial charge >= 0.3 is 0 Å². The van der Waals surface area contributed by atoms with Crippen LogP contribution < -0.4 is 0 Å². The first-order valence-electron chi connectivity index (χ1n) is 4.82. The van der Waals surface area contributed by atoms with Crippen LogP contribution in [0.15, 0.2) is 12.7 Å². The third-order valence-corrected chi connectivity index (χ3v) is 2.69. The van der Waals surface area contributed by atoms with Crippen molar-refractivity contribution in [2.24, 2.45) is 5.92 Å². The van der Waals surface area contributed by atoms with E-state index in [1.165, 1.54) is 0 Å². The largest absolute Gasteiger partial charge is 0.371 e. The Hall–Kier alpha value is -0.830. The fourth-order valence-electron chi connectivity index (χ4n) is 1.82. The number of amides is 1. The highest BCUT2D eigenvalue weighted by Gasteiger charge is 2.34. The minimum atomic E-state index is 0.191. The van der Waals surface area contributed by atoms with Gasteiger partial charge in [-0.2, -0.15) is 0 Å². The number of nitrogens with zero attached hydrogens (tertiary/aromatic N) is 1. The van der Waals surface area contributed by atoms with Crippen molar-refractivity contribution in [2.75, 3.05) is 19.7 Å². The predicted molar refractivity (Wildman–Crippen MR) is 49.2 cm³/mol. The number of carbonyl (C=O) groups excluding carboxylic acids is 1. The van der Waals surface area contributed by atoms with E-state index in [1.807, 2.05) is 11.0 Å². The maximum atomic E-state index is 11.7. The molecule has 0 aromatic rings. The van der Waals surface area contributed by atoms with Gasteiger partial charge in [-0.1, -0.05) is 6.08 Å². The average Bonchev–Trinajstić information content (AvgIpc) is 2.86. The summed E-state index contributed by atoms with van der Waals surface area (Å²) in [6.07, 6.45) is 3.96. The minimum Gasteiger partial charge on any atom is -0.371 e. The van der Waals surface area contributed by atoms with Gasteiger partial charge in [0.15, 0.2) is 0 Å². The zero-order valence-electron chi connectivity index (χ0n) is 7.74. The molecule has 2 aliphatic heterocycles. The number of hydrogen-bond donors (Lipinski definition) is 0. The van der Waals surface area contributed by atoms with E-state index in [-0.39, 0.29) is 11.8 Å². The van der Waals surface area contributed by atoms with Gasteiger partial charge in [0.2, 0.25) is 5.91 Å². The average molecular weight is 181 g/mol. The Kier molecular flexibility index (Phi) is 2.36. The Bertz CT molecular complexity index is 223. The number of epoxide rings is 1. The van der Waals surface area contributed by atoms with Crippen molar-refractivity contribution in [3.63, 3.8) is 0 Å². The van der Waals surface area contributed by atoms with Crippen molar-refractivity contribution in [1.82, 2.24) is 4.90 Å². The second-order valence-corrected chi connectivity index (χ2v) is 3.75. The monoisotopic (exact) mass is 181 g/mol. The molecule has 0 spiro atoms. The van der Waals surface area contributed by atoms with Crippen molar-refractivity contribution in [3.05, 3.63) is 12.7 Å². The Labute approximate surface area is 78.4 Å². The predicted octanol–water partition coefficient (Wildman–Crippen LogP) is 0.810. The van der Waals surface area contributed by atoms with Crippen LogP contribution in [-0.2, 0) is 9.53 Å². The summed E-state index contributed by atoms with van der Waals surface area (Å²) in [6, 6.07) is 0. The third kappa shape index (κ3) is 1.91. The molecule has 13 heavy (non-hydrogen) atoms. The summed E-state index contributed by atoms with van der Waals surface area (Å²) in [6.45, 7) is 6.19. The topological polar surface area (TPSA) is 32.8 Å². The van der Waals surface area contributed by atoms with Gasteiger partial charge in [0.05, 0.1) is 12.7 Å². The van der Waals surface area contributed by atoms with Crippen molar-refractivity contribution in [1.29, 1.82) is 0 Å². The quantitative estimate of drug-likeness (QED) is 0.475. The van der Waals surface area contributed by atoms with Gasteiger partial charge in [0.25, 0.3) is 0 Å². The highest BCUT2D eigenvalue weighted by Crippen LogP contribution is 2.23. The molecule has 1 amide bonds. The number of allylic oxidation sites excluding steroid dienone is 1.